The van der Waals surface area contributed by atoms with Crippen LogP contribution in [0.3, 0.4) is 0 Å². The van der Waals surface area contributed by atoms with Gasteiger partial charge in [-0.25, -0.2) is 9.97 Å². The van der Waals surface area contributed by atoms with Crippen molar-refractivity contribution in [2.45, 2.75) is 76.4 Å². The maximum absolute atomic E-state index is 6.19. The number of hydrogen-bond acceptors (Lipinski definition) is 4. The number of hydrogen-bond donors (Lipinski definition) is 0. The SMILES string of the molecule is c1cc2ccc3ccc(OC4CCCCC4)nc3c2nc1OC1CCCCC1. The zero-order chi connectivity index (χ0) is 18.8. The summed E-state index contributed by atoms with van der Waals surface area (Å²) in [5.41, 5.74) is 1.81. The molecule has 2 aromatic heterocycles. The van der Waals surface area contributed by atoms with Gasteiger partial charge < -0.3 is 9.47 Å². The standard InChI is InChI=1S/C24H28N2O2/c1-3-7-19(8-4-1)27-21-15-13-17-11-12-18-14-16-22(26-24(18)23(17)25-21)28-20-9-5-2-6-10-20/h11-16,19-20H,1-10H2. The van der Waals surface area contributed by atoms with E-state index in [2.05, 4.69) is 24.3 Å². The Hall–Kier alpha value is -2.36. The van der Waals surface area contributed by atoms with E-state index in [0.717, 1.165) is 47.5 Å². The first-order valence-electron chi connectivity index (χ1n) is 10.9. The molecule has 0 saturated heterocycles. The van der Waals surface area contributed by atoms with Crippen molar-refractivity contribution in [3.8, 4) is 11.8 Å². The molecular formula is C24H28N2O2. The fraction of sp³-hybridized carbons (Fsp3) is 0.500. The lowest BCUT2D eigenvalue weighted by molar-refractivity contribution is 0.148. The van der Waals surface area contributed by atoms with Crippen molar-refractivity contribution in [3.63, 3.8) is 0 Å². The molecule has 2 heterocycles. The van der Waals surface area contributed by atoms with Gasteiger partial charge in [-0.3, -0.25) is 0 Å². The molecule has 28 heavy (non-hydrogen) atoms. The molecule has 2 saturated carbocycles. The number of ether oxygens (including phenoxy) is 2. The van der Waals surface area contributed by atoms with Crippen molar-refractivity contribution in [1.29, 1.82) is 0 Å². The van der Waals surface area contributed by atoms with Crippen molar-refractivity contribution in [1.82, 2.24) is 9.97 Å². The molecule has 5 rings (SSSR count). The van der Waals surface area contributed by atoms with E-state index in [1.54, 1.807) is 0 Å². The second kappa shape index (κ2) is 7.94. The molecule has 1 aromatic carbocycles. The van der Waals surface area contributed by atoms with Gasteiger partial charge in [0.25, 0.3) is 0 Å². The van der Waals surface area contributed by atoms with Crippen molar-refractivity contribution in [3.05, 3.63) is 36.4 Å². The van der Waals surface area contributed by atoms with E-state index in [1.165, 1.54) is 38.5 Å². The van der Waals surface area contributed by atoms with Crippen LogP contribution in [-0.2, 0) is 0 Å². The van der Waals surface area contributed by atoms with Gasteiger partial charge in [-0.1, -0.05) is 25.0 Å². The van der Waals surface area contributed by atoms with Crippen LogP contribution in [0.5, 0.6) is 11.8 Å². The van der Waals surface area contributed by atoms with E-state index in [-0.39, 0.29) is 0 Å². The van der Waals surface area contributed by atoms with Crippen LogP contribution >= 0.6 is 0 Å². The van der Waals surface area contributed by atoms with Crippen molar-refractivity contribution < 1.29 is 9.47 Å². The summed E-state index contributed by atoms with van der Waals surface area (Å²) in [5.74, 6) is 1.43. The van der Waals surface area contributed by atoms with E-state index >= 15 is 0 Å². The van der Waals surface area contributed by atoms with Gasteiger partial charge in [-0.15, -0.1) is 0 Å². The average molecular weight is 377 g/mol. The first-order valence-corrected chi connectivity index (χ1v) is 10.9. The molecule has 0 amide bonds. The van der Waals surface area contributed by atoms with Gasteiger partial charge in [0.1, 0.15) is 23.2 Å². The van der Waals surface area contributed by atoms with Crippen LogP contribution in [0.4, 0.5) is 0 Å². The first-order chi connectivity index (χ1) is 13.8. The van der Waals surface area contributed by atoms with Crippen LogP contribution in [0.2, 0.25) is 0 Å². The molecule has 2 fully saturated rings. The van der Waals surface area contributed by atoms with E-state index in [1.807, 2.05) is 12.1 Å². The van der Waals surface area contributed by atoms with Crippen molar-refractivity contribution in [2.24, 2.45) is 0 Å². The van der Waals surface area contributed by atoms with Crippen LogP contribution in [0.1, 0.15) is 64.2 Å². The molecule has 0 aliphatic heterocycles. The van der Waals surface area contributed by atoms with Crippen LogP contribution in [-0.4, -0.2) is 22.2 Å². The molecule has 4 nitrogen and oxygen atoms in total. The number of aromatic nitrogens is 2. The van der Waals surface area contributed by atoms with Crippen LogP contribution in [0.15, 0.2) is 36.4 Å². The lowest BCUT2D eigenvalue weighted by atomic mass is 9.98. The topological polar surface area (TPSA) is 44.2 Å². The number of rotatable bonds is 4. The van der Waals surface area contributed by atoms with Gasteiger partial charge in [0, 0.05) is 22.9 Å². The number of nitrogens with zero attached hydrogens (tertiary/aromatic N) is 2. The minimum absolute atomic E-state index is 0.298. The van der Waals surface area contributed by atoms with Crippen LogP contribution in [0, 0.1) is 0 Å². The third-order valence-electron chi connectivity index (χ3n) is 6.15. The predicted octanol–water partition coefficient (Wildman–Crippen LogP) is 6.21. The van der Waals surface area contributed by atoms with Crippen LogP contribution < -0.4 is 9.47 Å². The summed E-state index contributed by atoms with van der Waals surface area (Å²) in [6.07, 6.45) is 12.8. The molecule has 0 unspecified atom stereocenters. The van der Waals surface area contributed by atoms with E-state index < -0.39 is 0 Å². The molecule has 0 atom stereocenters. The van der Waals surface area contributed by atoms with Gasteiger partial charge >= 0.3 is 0 Å². The predicted molar refractivity (Wildman–Crippen MR) is 112 cm³/mol. The van der Waals surface area contributed by atoms with Crippen LogP contribution in [0.25, 0.3) is 21.8 Å². The summed E-state index contributed by atoms with van der Waals surface area (Å²) in [6, 6.07) is 12.4. The summed E-state index contributed by atoms with van der Waals surface area (Å²) >= 11 is 0. The molecular weight excluding hydrogens is 348 g/mol. The van der Waals surface area contributed by atoms with Gasteiger partial charge in [-0.2, -0.15) is 0 Å². The Morgan fingerprint density at radius 1 is 0.536 bits per heavy atom. The van der Waals surface area contributed by atoms with E-state index in [4.69, 9.17) is 19.4 Å². The van der Waals surface area contributed by atoms with Crippen molar-refractivity contribution in [2.75, 3.05) is 0 Å². The highest BCUT2D eigenvalue weighted by Gasteiger charge is 2.17. The second-order valence-electron chi connectivity index (χ2n) is 8.26. The Morgan fingerprint density at radius 2 is 0.929 bits per heavy atom. The Labute approximate surface area is 166 Å². The van der Waals surface area contributed by atoms with E-state index in [0.29, 0.717) is 24.0 Å². The number of fused-ring (bicyclic) bond motifs is 3. The minimum atomic E-state index is 0.298. The van der Waals surface area contributed by atoms with Crippen molar-refractivity contribution >= 4 is 21.8 Å². The van der Waals surface area contributed by atoms with E-state index in [9.17, 15) is 0 Å². The summed E-state index contributed by atoms with van der Waals surface area (Å²) in [7, 11) is 0. The summed E-state index contributed by atoms with van der Waals surface area (Å²) in [4.78, 5) is 9.69. The minimum Gasteiger partial charge on any atom is -0.474 e. The Kier molecular flexibility index (Phi) is 5.03. The molecule has 146 valence electrons. The summed E-state index contributed by atoms with van der Waals surface area (Å²) in [5, 5.41) is 2.18. The first kappa shape index (κ1) is 17.7. The maximum Gasteiger partial charge on any atom is 0.214 e. The number of benzene rings is 1. The Morgan fingerprint density at radius 3 is 1.36 bits per heavy atom. The van der Waals surface area contributed by atoms with Gasteiger partial charge in [0.2, 0.25) is 11.8 Å². The third-order valence-corrected chi connectivity index (χ3v) is 6.15. The van der Waals surface area contributed by atoms with Gasteiger partial charge in [-0.05, 0) is 63.5 Å². The largest absolute Gasteiger partial charge is 0.474 e. The molecule has 0 N–H and O–H groups in total. The highest BCUT2D eigenvalue weighted by Crippen LogP contribution is 2.29. The second-order valence-corrected chi connectivity index (χ2v) is 8.26. The van der Waals surface area contributed by atoms with Gasteiger partial charge in [0.15, 0.2) is 0 Å². The molecule has 0 bridgehead atoms. The summed E-state index contributed by atoms with van der Waals surface area (Å²) in [6.45, 7) is 0. The zero-order valence-electron chi connectivity index (χ0n) is 16.4. The normalized spacial score (nSPS) is 19.1. The Balaban J connectivity index is 1.47. The quantitative estimate of drug-likeness (QED) is 0.508. The summed E-state index contributed by atoms with van der Waals surface area (Å²) < 4.78 is 12.4. The molecule has 2 aliphatic carbocycles. The number of pyridine rings is 2. The highest BCUT2D eigenvalue weighted by molar-refractivity contribution is 6.03. The fourth-order valence-corrected chi connectivity index (χ4v) is 4.57. The molecule has 0 radical (unpaired) electrons. The molecule has 3 aromatic rings. The third kappa shape index (κ3) is 3.78. The zero-order valence-corrected chi connectivity index (χ0v) is 16.4. The monoisotopic (exact) mass is 376 g/mol. The molecule has 4 heteroatoms. The lowest BCUT2D eigenvalue weighted by Gasteiger charge is -2.23. The molecule has 0 spiro atoms. The maximum atomic E-state index is 6.19. The fourth-order valence-electron chi connectivity index (χ4n) is 4.57. The molecule has 2 aliphatic rings. The van der Waals surface area contributed by atoms with Gasteiger partial charge in [0.05, 0.1) is 0 Å². The Bertz CT molecular complexity index is 881. The smallest absolute Gasteiger partial charge is 0.214 e. The lowest BCUT2D eigenvalue weighted by Crippen LogP contribution is -2.20. The highest BCUT2D eigenvalue weighted by atomic mass is 16.5. The average Bonchev–Trinajstić information content (AvgIpc) is 2.75.